The number of nitrogens with one attached hydrogen (secondary N) is 1. The minimum absolute atomic E-state index is 0.164. The monoisotopic (exact) mass is 410 g/mol. The molecule has 0 aliphatic heterocycles. The zero-order valence-electron chi connectivity index (χ0n) is 14.7. The zero-order valence-corrected chi connectivity index (χ0v) is 15.5. The number of methoxy groups -OCH3 is 1. The van der Waals surface area contributed by atoms with Gasteiger partial charge in [-0.1, -0.05) is 11.6 Å². The van der Waals surface area contributed by atoms with Gasteiger partial charge in [-0.15, -0.1) is 0 Å². The number of ether oxygens (including phenoxy) is 1. The van der Waals surface area contributed by atoms with Gasteiger partial charge in [0.1, 0.15) is 5.75 Å². The van der Waals surface area contributed by atoms with Gasteiger partial charge in [0, 0.05) is 11.9 Å². The lowest BCUT2D eigenvalue weighted by molar-refractivity contribution is -0.137. The fraction of sp³-hybridized carbons (Fsp3) is 0.167. The van der Waals surface area contributed by atoms with Crippen molar-refractivity contribution in [3.05, 3.63) is 64.6 Å². The molecule has 3 rings (SSSR count). The number of hydrogen-bond donors (Lipinski definition) is 1. The average molecular weight is 411 g/mol. The Morgan fingerprint density at radius 3 is 2.54 bits per heavy atom. The number of aromatic nitrogens is 3. The molecule has 0 spiro atoms. The highest BCUT2D eigenvalue weighted by Gasteiger charge is 2.30. The smallest absolute Gasteiger partial charge is 0.417 e. The number of alkyl halides is 3. The lowest BCUT2D eigenvalue weighted by atomic mass is 10.2. The summed E-state index contributed by atoms with van der Waals surface area (Å²) in [6.07, 6.45) is -2.44. The van der Waals surface area contributed by atoms with E-state index in [1.807, 2.05) is 0 Å². The number of carbonyl (C=O) groups is 1. The zero-order chi connectivity index (χ0) is 20.5. The number of benzene rings is 1. The largest absolute Gasteiger partial charge is 0.495 e. The third-order valence-corrected chi connectivity index (χ3v) is 4.25. The van der Waals surface area contributed by atoms with Crippen molar-refractivity contribution in [2.45, 2.75) is 13.1 Å². The predicted molar refractivity (Wildman–Crippen MR) is 97.1 cm³/mol. The molecule has 0 aliphatic carbocycles. The van der Waals surface area contributed by atoms with Crippen molar-refractivity contribution < 1.29 is 22.7 Å². The Labute approximate surface area is 162 Å². The Balaban J connectivity index is 1.82. The molecule has 1 amide bonds. The minimum atomic E-state index is -4.48. The molecule has 1 aromatic carbocycles. The van der Waals surface area contributed by atoms with Gasteiger partial charge in [0.05, 0.1) is 35.2 Å². The van der Waals surface area contributed by atoms with Gasteiger partial charge in [-0.3, -0.25) is 4.79 Å². The van der Waals surface area contributed by atoms with Crippen LogP contribution in [0.1, 0.15) is 21.6 Å². The van der Waals surface area contributed by atoms with Crippen LogP contribution in [0, 0.1) is 6.92 Å². The van der Waals surface area contributed by atoms with Gasteiger partial charge < -0.3 is 10.1 Å². The quantitative estimate of drug-likeness (QED) is 0.687. The molecule has 2 aromatic heterocycles. The number of pyridine rings is 1. The molecule has 0 atom stereocenters. The van der Waals surface area contributed by atoms with Crippen molar-refractivity contribution in [3.8, 4) is 11.6 Å². The summed E-state index contributed by atoms with van der Waals surface area (Å²) in [6.45, 7) is 1.61. The molecule has 0 radical (unpaired) electrons. The Kier molecular flexibility index (Phi) is 5.28. The van der Waals surface area contributed by atoms with Crippen molar-refractivity contribution >= 4 is 23.2 Å². The van der Waals surface area contributed by atoms with Crippen LogP contribution in [-0.2, 0) is 6.18 Å². The summed E-state index contributed by atoms with van der Waals surface area (Å²) >= 11 is 6.04. The molecule has 3 aromatic rings. The van der Waals surface area contributed by atoms with Crippen molar-refractivity contribution in [1.82, 2.24) is 14.8 Å². The topological polar surface area (TPSA) is 69.0 Å². The van der Waals surface area contributed by atoms with Crippen LogP contribution in [0.3, 0.4) is 0 Å². The van der Waals surface area contributed by atoms with E-state index < -0.39 is 17.6 Å². The van der Waals surface area contributed by atoms with E-state index in [-0.39, 0.29) is 11.4 Å². The molecule has 0 aliphatic rings. The third-order valence-electron chi connectivity index (χ3n) is 3.96. The summed E-state index contributed by atoms with van der Waals surface area (Å²) in [5.41, 5.74) is 0.254. The summed E-state index contributed by atoms with van der Waals surface area (Å²) in [5.74, 6) is 0.186. The van der Waals surface area contributed by atoms with Crippen molar-refractivity contribution in [2.75, 3.05) is 12.4 Å². The second-order valence-corrected chi connectivity index (χ2v) is 6.17. The minimum Gasteiger partial charge on any atom is -0.495 e. The van der Waals surface area contributed by atoms with Crippen LogP contribution < -0.4 is 10.1 Å². The second-order valence-electron chi connectivity index (χ2n) is 5.76. The molecule has 6 nitrogen and oxygen atoms in total. The van der Waals surface area contributed by atoms with Gasteiger partial charge in [0.15, 0.2) is 5.82 Å². The Morgan fingerprint density at radius 1 is 1.21 bits per heavy atom. The summed E-state index contributed by atoms with van der Waals surface area (Å²) in [6, 6.07) is 6.87. The van der Waals surface area contributed by atoms with E-state index in [1.165, 1.54) is 30.1 Å². The van der Waals surface area contributed by atoms with Crippen LogP contribution in [-0.4, -0.2) is 27.8 Å². The highest BCUT2D eigenvalue weighted by atomic mass is 35.5. The number of rotatable bonds is 4. The molecule has 2 heterocycles. The van der Waals surface area contributed by atoms with E-state index in [1.54, 1.807) is 19.1 Å². The molecule has 0 saturated heterocycles. The molecule has 0 fully saturated rings. The van der Waals surface area contributed by atoms with Gasteiger partial charge >= 0.3 is 6.18 Å². The van der Waals surface area contributed by atoms with Gasteiger partial charge in [-0.25, -0.2) is 9.67 Å². The standard InChI is InChI=1S/C18H14ClF3N4O2/c1-10-13(17(27)25-12-4-5-15(28-2)14(19)7-12)9-24-26(10)16-6-3-11(8-23-16)18(20,21)22/h3-9H,1-2H3,(H,25,27). The van der Waals surface area contributed by atoms with Crippen LogP contribution in [0.5, 0.6) is 5.75 Å². The molecule has 10 heteroatoms. The summed E-state index contributed by atoms with van der Waals surface area (Å²) < 4.78 is 44.3. The Morgan fingerprint density at radius 2 is 1.96 bits per heavy atom. The van der Waals surface area contributed by atoms with E-state index in [9.17, 15) is 18.0 Å². The molecule has 0 unspecified atom stereocenters. The molecule has 0 bridgehead atoms. The van der Waals surface area contributed by atoms with E-state index in [0.29, 0.717) is 22.2 Å². The lowest BCUT2D eigenvalue weighted by Crippen LogP contribution is -2.13. The van der Waals surface area contributed by atoms with E-state index >= 15 is 0 Å². The maximum Gasteiger partial charge on any atom is 0.417 e. The number of halogens is 4. The fourth-order valence-electron chi connectivity index (χ4n) is 2.49. The summed E-state index contributed by atoms with van der Waals surface area (Å²) in [5, 5.41) is 7.07. The SMILES string of the molecule is COc1ccc(NC(=O)c2cnn(-c3ccc(C(F)(F)F)cn3)c2C)cc1Cl. The summed E-state index contributed by atoms with van der Waals surface area (Å²) in [4.78, 5) is 16.3. The first-order valence-electron chi connectivity index (χ1n) is 7.94. The van der Waals surface area contributed by atoms with Gasteiger partial charge in [0.25, 0.3) is 5.91 Å². The molecule has 28 heavy (non-hydrogen) atoms. The normalized spacial score (nSPS) is 11.4. The van der Waals surface area contributed by atoms with Crippen LogP contribution in [0.25, 0.3) is 5.82 Å². The molecule has 1 N–H and O–H groups in total. The fourth-order valence-corrected chi connectivity index (χ4v) is 2.74. The maximum atomic E-state index is 12.7. The summed E-state index contributed by atoms with van der Waals surface area (Å²) in [7, 11) is 1.48. The first-order chi connectivity index (χ1) is 13.2. The van der Waals surface area contributed by atoms with E-state index in [2.05, 4.69) is 15.4 Å². The molecule has 0 saturated carbocycles. The highest BCUT2D eigenvalue weighted by molar-refractivity contribution is 6.32. The number of nitrogens with zero attached hydrogens (tertiary/aromatic N) is 3. The van der Waals surface area contributed by atoms with E-state index in [4.69, 9.17) is 16.3 Å². The Bertz CT molecular complexity index is 1020. The average Bonchev–Trinajstić information content (AvgIpc) is 3.03. The predicted octanol–water partition coefficient (Wildman–Crippen LogP) is 4.51. The number of hydrogen-bond acceptors (Lipinski definition) is 4. The first kappa shape index (κ1) is 19.7. The van der Waals surface area contributed by atoms with Gasteiger partial charge in [-0.05, 0) is 37.3 Å². The van der Waals surface area contributed by atoms with Crippen LogP contribution in [0.4, 0.5) is 18.9 Å². The van der Waals surface area contributed by atoms with Crippen LogP contribution in [0.2, 0.25) is 5.02 Å². The van der Waals surface area contributed by atoms with Crippen molar-refractivity contribution in [1.29, 1.82) is 0 Å². The number of amides is 1. The van der Waals surface area contributed by atoms with Crippen LogP contribution in [0.15, 0.2) is 42.7 Å². The third kappa shape index (κ3) is 3.94. The number of carbonyl (C=O) groups excluding carboxylic acids is 1. The molecular formula is C18H14ClF3N4O2. The van der Waals surface area contributed by atoms with Crippen molar-refractivity contribution in [3.63, 3.8) is 0 Å². The maximum absolute atomic E-state index is 12.7. The first-order valence-corrected chi connectivity index (χ1v) is 8.31. The van der Waals surface area contributed by atoms with E-state index in [0.717, 1.165) is 12.3 Å². The molecular weight excluding hydrogens is 397 g/mol. The Hall–Kier alpha value is -3.07. The lowest BCUT2D eigenvalue weighted by Gasteiger charge is -2.09. The van der Waals surface area contributed by atoms with Crippen molar-refractivity contribution in [2.24, 2.45) is 0 Å². The van der Waals surface area contributed by atoms with Gasteiger partial charge in [0.2, 0.25) is 0 Å². The second kappa shape index (κ2) is 7.51. The van der Waals surface area contributed by atoms with Crippen LogP contribution >= 0.6 is 11.6 Å². The highest BCUT2D eigenvalue weighted by Crippen LogP contribution is 2.29. The number of anilines is 1. The van der Waals surface area contributed by atoms with Gasteiger partial charge in [-0.2, -0.15) is 18.3 Å². The molecule has 146 valence electrons.